The van der Waals surface area contributed by atoms with Crippen molar-refractivity contribution in [2.24, 2.45) is 0 Å². The lowest BCUT2D eigenvalue weighted by Gasteiger charge is -1.92. The third-order valence-corrected chi connectivity index (χ3v) is 1.37. The lowest BCUT2D eigenvalue weighted by atomic mass is 10.2. The molecule has 62 valence electrons. The van der Waals surface area contributed by atoms with Crippen LogP contribution in [0.3, 0.4) is 0 Å². The Kier molecular flexibility index (Phi) is 2.68. The fraction of sp³-hybridized carbons (Fsp3) is 0. The highest BCUT2D eigenvalue weighted by Crippen LogP contribution is 2.15. The van der Waals surface area contributed by atoms with Crippen LogP contribution in [0.4, 0.5) is 5.69 Å². The molecule has 0 unspecified atom stereocenters. The summed E-state index contributed by atoms with van der Waals surface area (Å²) in [6.07, 6.45) is 4.91. The summed E-state index contributed by atoms with van der Waals surface area (Å²) < 4.78 is 0. The van der Waals surface area contributed by atoms with Crippen LogP contribution in [0.1, 0.15) is 5.56 Å². The first-order valence-electron chi connectivity index (χ1n) is 3.45. The molecule has 0 bridgehead atoms. The fourth-order valence-electron chi connectivity index (χ4n) is 0.842. The number of para-hydroxylation sites is 1. The second-order valence-corrected chi connectivity index (χ2v) is 2.17. The third-order valence-electron chi connectivity index (χ3n) is 1.37. The zero-order valence-corrected chi connectivity index (χ0v) is 6.65. The molecule has 0 aromatic heterocycles. The Morgan fingerprint density at radius 3 is 2.69 bits per heavy atom. The summed E-state index contributed by atoms with van der Waals surface area (Å²) in [6.45, 7) is 0. The fourth-order valence-corrected chi connectivity index (χ4v) is 0.842. The minimum absolute atomic E-state index is 0.0229. The number of nitrogens with zero attached hydrogens (tertiary/aromatic N) is 1. The van der Waals surface area contributed by atoms with E-state index in [-0.39, 0.29) is 5.69 Å². The molecular weight excluding hydrogens is 166 g/mol. The lowest BCUT2D eigenvalue weighted by molar-refractivity contribution is -0.385. The van der Waals surface area contributed by atoms with Crippen molar-refractivity contribution < 1.29 is 4.92 Å². The van der Waals surface area contributed by atoms with Crippen LogP contribution in [0.15, 0.2) is 24.3 Å². The van der Waals surface area contributed by atoms with Crippen LogP contribution < -0.4 is 0 Å². The molecular formula is C10H5NO2. The van der Waals surface area contributed by atoms with Crippen LogP contribution in [0.25, 0.3) is 0 Å². The van der Waals surface area contributed by atoms with Crippen molar-refractivity contribution in [3.05, 3.63) is 39.9 Å². The summed E-state index contributed by atoms with van der Waals surface area (Å²) in [7, 11) is 0. The van der Waals surface area contributed by atoms with E-state index in [0.29, 0.717) is 5.56 Å². The second-order valence-electron chi connectivity index (χ2n) is 2.17. The molecule has 0 saturated heterocycles. The predicted molar refractivity (Wildman–Crippen MR) is 48.8 cm³/mol. The lowest BCUT2D eigenvalue weighted by Crippen LogP contribution is -1.90. The van der Waals surface area contributed by atoms with Crippen LogP contribution in [-0.4, -0.2) is 4.92 Å². The summed E-state index contributed by atoms with van der Waals surface area (Å²) in [4.78, 5) is 9.99. The number of hydrogen-bond donors (Lipinski definition) is 0. The number of nitro groups is 1. The van der Waals surface area contributed by atoms with Crippen molar-refractivity contribution in [2.75, 3.05) is 0 Å². The molecule has 0 radical (unpaired) electrons. The van der Waals surface area contributed by atoms with Crippen molar-refractivity contribution in [2.45, 2.75) is 0 Å². The zero-order valence-electron chi connectivity index (χ0n) is 6.65. The van der Waals surface area contributed by atoms with Gasteiger partial charge in [0.2, 0.25) is 0 Å². The summed E-state index contributed by atoms with van der Waals surface area (Å²) in [5.74, 6) is 6.95. The van der Waals surface area contributed by atoms with Crippen molar-refractivity contribution in [1.82, 2.24) is 0 Å². The molecule has 0 fully saturated rings. The largest absolute Gasteiger partial charge is 0.284 e. The standard InChI is InChI=1S/C10H5NO2/c1-2-3-6-9-7-4-5-8-10(9)11(12)13/h1,4-5,7-8H. The molecule has 0 spiro atoms. The van der Waals surface area contributed by atoms with Gasteiger partial charge in [-0.15, -0.1) is 6.42 Å². The second kappa shape index (κ2) is 3.94. The predicted octanol–water partition coefficient (Wildman–Crippen LogP) is 1.58. The van der Waals surface area contributed by atoms with E-state index in [4.69, 9.17) is 6.42 Å². The Morgan fingerprint density at radius 2 is 2.08 bits per heavy atom. The minimum atomic E-state index is -0.486. The van der Waals surface area contributed by atoms with Gasteiger partial charge >= 0.3 is 0 Å². The van der Waals surface area contributed by atoms with Gasteiger partial charge in [0, 0.05) is 6.07 Å². The van der Waals surface area contributed by atoms with Gasteiger partial charge in [-0.25, -0.2) is 0 Å². The van der Waals surface area contributed by atoms with E-state index in [2.05, 4.69) is 17.8 Å². The van der Waals surface area contributed by atoms with Gasteiger partial charge in [0.1, 0.15) is 5.56 Å². The van der Waals surface area contributed by atoms with Crippen molar-refractivity contribution in [1.29, 1.82) is 0 Å². The van der Waals surface area contributed by atoms with E-state index in [9.17, 15) is 10.1 Å². The summed E-state index contributed by atoms with van der Waals surface area (Å²) in [5, 5.41) is 10.5. The molecule has 1 aromatic rings. The number of benzene rings is 1. The van der Waals surface area contributed by atoms with Crippen molar-refractivity contribution >= 4 is 5.69 Å². The van der Waals surface area contributed by atoms with Gasteiger partial charge < -0.3 is 0 Å². The van der Waals surface area contributed by atoms with Gasteiger partial charge in [0.05, 0.1) is 4.92 Å². The highest BCUT2D eigenvalue weighted by Gasteiger charge is 2.08. The smallest absolute Gasteiger partial charge is 0.258 e. The Bertz CT molecular complexity index is 432. The van der Waals surface area contributed by atoms with E-state index < -0.39 is 4.92 Å². The number of hydrogen-bond acceptors (Lipinski definition) is 2. The molecule has 13 heavy (non-hydrogen) atoms. The van der Waals surface area contributed by atoms with E-state index in [1.165, 1.54) is 6.07 Å². The molecule has 0 aliphatic carbocycles. The van der Waals surface area contributed by atoms with Crippen LogP contribution >= 0.6 is 0 Å². The number of nitro benzene ring substituents is 1. The molecule has 0 atom stereocenters. The van der Waals surface area contributed by atoms with Crippen LogP contribution in [-0.2, 0) is 0 Å². The first-order valence-corrected chi connectivity index (χ1v) is 3.45. The summed E-state index contributed by atoms with van der Waals surface area (Å²) in [6, 6.07) is 6.20. The van der Waals surface area contributed by atoms with Crippen molar-refractivity contribution in [3.63, 3.8) is 0 Å². The van der Waals surface area contributed by atoms with E-state index in [1.54, 1.807) is 18.2 Å². The normalized spacial score (nSPS) is 7.92. The Balaban J connectivity index is 3.22. The molecule has 0 heterocycles. The molecule has 0 amide bonds. The number of rotatable bonds is 1. The average molecular weight is 171 g/mol. The van der Waals surface area contributed by atoms with Gasteiger partial charge in [0.15, 0.2) is 0 Å². The molecule has 0 aliphatic rings. The Labute approximate surface area is 75.5 Å². The molecule has 0 saturated carbocycles. The van der Waals surface area contributed by atoms with Crippen LogP contribution in [0, 0.1) is 34.3 Å². The summed E-state index contributed by atoms with van der Waals surface area (Å²) >= 11 is 0. The maximum Gasteiger partial charge on any atom is 0.284 e. The van der Waals surface area contributed by atoms with E-state index >= 15 is 0 Å². The molecule has 3 heteroatoms. The topological polar surface area (TPSA) is 43.1 Å². The SMILES string of the molecule is C#CC#Cc1ccccc1[N+](=O)[O-]. The van der Waals surface area contributed by atoms with Crippen LogP contribution in [0.5, 0.6) is 0 Å². The maximum atomic E-state index is 10.5. The molecule has 3 nitrogen and oxygen atoms in total. The molecule has 1 aromatic carbocycles. The summed E-state index contributed by atoms with van der Waals surface area (Å²) in [5.41, 5.74) is 0.315. The Morgan fingerprint density at radius 1 is 1.38 bits per heavy atom. The van der Waals surface area contributed by atoms with E-state index in [0.717, 1.165) is 0 Å². The first-order chi connectivity index (χ1) is 6.25. The highest BCUT2D eigenvalue weighted by molar-refractivity contribution is 5.52. The Hall–Kier alpha value is -2.26. The molecule has 1 rings (SSSR count). The van der Waals surface area contributed by atoms with E-state index in [1.807, 2.05) is 0 Å². The van der Waals surface area contributed by atoms with Gasteiger partial charge in [-0.2, -0.15) is 0 Å². The highest BCUT2D eigenvalue weighted by atomic mass is 16.6. The zero-order chi connectivity index (χ0) is 9.68. The average Bonchev–Trinajstić information content (AvgIpc) is 2.15. The third kappa shape index (κ3) is 2.08. The van der Waals surface area contributed by atoms with Crippen LogP contribution in [0.2, 0.25) is 0 Å². The quantitative estimate of drug-likeness (QED) is 0.365. The van der Waals surface area contributed by atoms with Gasteiger partial charge in [-0.05, 0) is 23.8 Å². The molecule has 0 N–H and O–H groups in total. The monoisotopic (exact) mass is 171 g/mol. The minimum Gasteiger partial charge on any atom is -0.258 e. The first kappa shape index (κ1) is 8.83. The maximum absolute atomic E-state index is 10.5. The van der Waals surface area contributed by atoms with Gasteiger partial charge in [0.25, 0.3) is 5.69 Å². The van der Waals surface area contributed by atoms with Gasteiger partial charge in [-0.1, -0.05) is 12.1 Å². The van der Waals surface area contributed by atoms with Crippen molar-refractivity contribution in [3.8, 4) is 24.2 Å². The molecule has 0 aliphatic heterocycles. The number of terminal acetylenes is 1. The van der Waals surface area contributed by atoms with Gasteiger partial charge in [-0.3, -0.25) is 10.1 Å².